The van der Waals surface area contributed by atoms with Gasteiger partial charge in [0.15, 0.2) is 0 Å². The number of hydrogen-bond acceptors (Lipinski definition) is 1. The van der Waals surface area contributed by atoms with Crippen LogP contribution in [0.5, 0.6) is 5.75 Å². The van der Waals surface area contributed by atoms with Gasteiger partial charge in [0.2, 0.25) is 0 Å². The summed E-state index contributed by atoms with van der Waals surface area (Å²) in [6.45, 7) is 4.10. The van der Waals surface area contributed by atoms with Crippen LogP contribution >= 0.6 is 0 Å². The van der Waals surface area contributed by atoms with Gasteiger partial charge in [0.25, 0.3) is 0 Å². The molecule has 0 aliphatic carbocycles. The third-order valence-corrected chi connectivity index (χ3v) is 3.80. The summed E-state index contributed by atoms with van der Waals surface area (Å²) >= 11 is 0. The molecule has 0 saturated heterocycles. The third-order valence-electron chi connectivity index (χ3n) is 2.93. The summed E-state index contributed by atoms with van der Waals surface area (Å²) in [5.74, 6) is 0.351. The van der Waals surface area contributed by atoms with Gasteiger partial charge in [-0.3, -0.25) is 0 Å². The van der Waals surface area contributed by atoms with E-state index in [1.165, 1.54) is 16.3 Å². The van der Waals surface area contributed by atoms with Gasteiger partial charge in [-0.2, -0.15) is 0 Å². The van der Waals surface area contributed by atoms with E-state index in [-0.39, 0.29) is 0 Å². The third kappa shape index (κ3) is 1.88. The number of hydrogen-bond donors (Lipinski definition) is 1. The van der Waals surface area contributed by atoms with E-state index in [4.69, 9.17) is 0 Å². The molecule has 2 rings (SSSR count). The lowest BCUT2D eigenvalue weighted by molar-refractivity contribution is 0.474. The van der Waals surface area contributed by atoms with Crippen LogP contribution in [0, 0.1) is 13.8 Å². The molecule has 0 heterocycles. The lowest BCUT2D eigenvalue weighted by Crippen LogP contribution is -2.07. The van der Waals surface area contributed by atoms with Crippen molar-refractivity contribution in [1.29, 1.82) is 0 Å². The number of aryl methyl sites for hydroxylation is 2. The molecule has 0 amide bonds. The Labute approximate surface area is 99.2 Å². The van der Waals surface area contributed by atoms with Crippen molar-refractivity contribution in [3.63, 3.8) is 0 Å². The molecule has 82 valence electrons. The van der Waals surface area contributed by atoms with Gasteiger partial charge in [-0.15, -0.1) is 0 Å². The summed E-state index contributed by atoms with van der Waals surface area (Å²) in [6.07, 6.45) is 0. The zero-order valence-electron chi connectivity index (χ0n) is 9.91. The topological polar surface area (TPSA) is 20.2 Å². The van der Waals surface area contributed by atoms with Crippen LogP contribution in [0.1, 0.15) is 11.1 Å². The quantitative estimate of drug-likeness (QED) is 0.736. The minimum Gasteiger partial charge on any atom is -0.508 e. The first-order valence-electron chi connectivity index (χ1n) is 5.46. The van der Waals surface area contributed by atoms with E-state index in [0.717, 1.165) is 21.4 Å². The van der Waals surface area contributed by atoms with E-state index < -0.39 is 0 Å². The van der Waals surface area contributed by atoms with Crippen molar-refractivity contribution in [3.8, 4) is 16.9 Å². The summed E-state index contributed by atoms with van der Waals surface area (Å²) in [5, 5.41) is 10.9. The fraction of sp³-hybridized carbons (Fsp3) is 0.143. The Morgan fingerprint density at radius 1 is 1.00 bits per heavy atom. The van der Waals surface area contributed by atoms with Gasteiger partial charge in [-0.1, -0.05) is 29.5 Å². The van der Waals surface area contributed by atoms with Gasteiger partial charge in [-0.05, 0) is 48.2 Å². The maximum Gasteiger partial charge on any atom is 0.116 e. The van der Waals surface area contributed by atoms with Crippen molar-refractivity contribution in [1.82, 2.24) is 0 Å². The number of phenolic OH excluding ortho intramolecular Hbond substituents is 1. The predicted octanol–water partition coefficient (Wildman–Crippen LogP) is 1.67. The van der Waals surface area contributed by atoms with Crippen LogP contribution in [0.4, 0.5) is 0 Å². The fourth-order valence-corrected chi connectivity index (χ4v) is 2.83. The molecule has 0 radical (unpaired) electrons. The minimum absolute atomic E-state index is 0.351. The van der Waals surface area contributed by atoms with Crippen LogP contribution in [-0.4, -0.2) is 15.3 Å². The Kier molecular flexibility index (Phi) is 2.84. The average molecular weight is 228 g/mol. The predicted molar refractivity (Wildman–Crippen MR) is 72.6 cm³/mol. The zero-order valence-corrected chi connectivity index (χ0v) is 11.9. The molecule has 0 unspecified atom stereocenters. The highest BCUT2D eigenvalue weighted by Gasteiger charge is 2.08. The van der Waals surface area contributed by atoms with Crippen molar-refractivity contribution in [3.05, 3.63) is 47.5 Å². The van der Waals surface area contributed by atoms with E-state index >= 15 is 0 Å². The van der Waals surface area contributed by atoms with E-state index in [1.54, 1.807) is 0 Å². The van der Waals surface area contributed by atoms with Crippen molar-refractivity contribution in [2.75, 3.05) is 0 Å². The van der Waals surface area contributed by atoms with E-state index in [0.29, 0.717) is 5.75 Å². The number of aromatic hydroxyl groups is 1. The van der Waals surface area contributed by atoms with Crippen LogP contribution in [0.2, 0.25) is 0 Å². The van der Waals surface area contributed by atoms with Gasteiger partial charge in [0.1, 0.15) is 5.75 Å². The largest absolute Gasteiger partial charge is 0.508 e. The highest BCUT2D eigenvalue weighted by atomic mass is 28.1. The maximum atomic E-state index is 9.54. The first kappa shape index (κ1) is 11.0. The Hall–Kier alpha value is -1.54. The van der Waals surface area contributed by atoms with Crippen LogP contribution in [0.3, 0.4) is 0 Å². The molecular formula is C14H16OSi. The molecule has 0 aromatic heterocycles. The van der Waals surface area contributed by atoms with Gasteiger partial charge >= 0.3 is 0 Å². The monoisotopic (exact) mass is 228 g/mol. The fourth-order valence-electron chi connectivity index (χ4n) is 2.22. The molecule has 0 aliphatic rings. The van der Waals surface area contributed by atoms with E-state index in [1.807, 2.05) is 12.1 Å². The molecular weight excluding hydrogens is 212 g/mol. The molecule has 1 N–H and O–H groups in total. The Balaban J connectivity index is 2.70. The second-order valence-electron chi connectivity index (χ2n) is 4.27. The molecule has 1 nitrogen and oxygen atoms in total. The standard InChI is InChI=1S/C14H16OSi/c1-9-7-11(15)8-10(2)14(9)12-5-3-4-6-13(12)16/h3-8,15H,1-2,16H3. The molecule has 2 aromatic carbocycles. The molecule has 16 heavy (non-hydrogen) atoms. The highest BCUT2D eigenvalue weighted by Crippen LogP contribution is 2.29. The summed E-state index contributed by atoms with van der Waals surface area (Å²) in [6, 6.07) is 12.1. The van der Waals surface area contributed by atoms with Crippen molar-refractivity contribution < 1.29 is 5.11 Å². The summed E-state index contributed by atoms with van der Waals surface area (Å²) in [5.41, 5.74) is 4.86. The molecule has 0 bridgehead atoms. The molecule has 0 aliphatic heterocycles. The number of rotatable bonds is 1. The molecule has 0 fully saturated rings. The lowest BCUT2D eigenvalue weighted by atomic mass is 9.95. The first-order valence-corrected chi connectivity index (χ1v) is 6.46. The number of phenols is 1. The van der Waals surface area contributed by atoms with E-state index in [2.05, 4.69) is 38.1 Å². The lowest BCUT2D eigenvalue weighted by Gasteiger charge is -2.13. The Morgan fingerprint density at radius 2 is 1.56 bits per heavy atom. The molecule has 2 aromatic rings. The maximum absolute atomic E-state index is 9.54. The van der Waals surface area contributed by atoms with Crippen molar-refractivity contribution in [2.24, 2.45) is 0 Å². The van der Waals surface area contributed by atoms with Gasteiger partial charge in [0.05, 0.1) is 0 Å². The molecule has 0 spiro atoms. The van der Waals surface area contributed by atoms with Gasteiger partial charge in [0, 0.05) is 10.2 Å². The molecule has 0 saturated carbocycles. The van der Waals surface area contributed by atoms with Crippen LogP contribution in [0.25, 0.3) is 11.1 Å². The minimum atomic E-state index is 0.351. The second-order valence-corrected chi connectivity index (χ2v) is 5.35. The second kappa shape index (κ2) is 4.14. The van der Waals surface area contributed by atoms with Crippen LogP contribution in [0.15, 0.2) is 36.4 Å². The zero-order chi connectivity index (χ0) is 11.7. The van der Waals surface area contributed by atoms with Crippen LogP contribution < -0.4 is 5.19 Å². The molecule has 2 heteroatoms. The normalized spacial score (nSPS) is 10.6. The summed E-state index contributed by atoms with van der Waals surface area (Å²) in [7, 11) is 1.04. The summed E-state index contributed by atoms with van der Waals surface area (Å²) < 4.78 is 0. The van der Waals surface area contributed by atoms with Crippen LogP contribution in [-0.2, 0) is 0 Å². The van der Waals surface area contributed by atoms with Gasteiger partial charge in [-0.25, -0.2) is 0 Å². The average Bonchev–Trinajstić information content (AvgIpc) is 2.19. The molecule has 0 atom stereocenters. The Morgan fingerprint density at radius 3 is 2.12 bits per heavy atom. The highest BCUT2D eigenvalue weighted by molar-refractivity contribution is 6.36. The Bertz CT molecular complexity index is 509. The van der Waals surface area contributed by atoms with Crippen molar-refractivity contribution >= 4 is 15.4 Å². The SMILES string of the molecule is Cc1cc(O)cc(C)c1-c1ccccc1[SiH3]. The van der Waals surface area contributed by atoms with Gasteiger partial charge < -0.3 is 5.11 Å². The smallest absolute Gasteiger partial charge is 0.116 e. The summed E-state index contributed by atoms with van der Waals surface area (Å²) in [4.78, 5) is 0. The first-order chi connectivity index (χ1) is 7.59. The van der Waals surface area contributed by atoms with E-state index in [9.17, 15) is 5.11 Å². The van der Waals surface area contributed by atoms with Crippen molar-refractivity contribution in [2.45, 2.75) is 13.8 Å². The number of benzene rings is 2.